The third kappa shape index (κ3) is 3.20. The summed E-state index contributed by atoms with van der Waals surface area (Å²) in [7, 11) is 1.65. The molecule has 0 fully saturated rings. The Morgan fingerprint density at radius 1 is 1.55 bits per heavy atom. The number of hydrogen-bond acceptors (Lipinski definition) is 2. The normalized spacial score (nSPS) is 15.3. The fourth-order valence-corrected chi connectivity index (χ4v) is 3.08. The van der Waals surface area contributed by atoms with Crippen LogP contribution in [-0.2, 0) is 16.0 Å². The maximum absolute atomic E-state index is 14.1. The van der Waals surface area contributed by atoms with Gasteiger partial charge in [0, 0.05) is 30.7 Å². The average molecular weight is 344 g/mol. The SMILES string of the molecule is COCCC[C@H](C)C(=O)N1CCc2cc(Br)cc(F)c21. The van der Waals surface area contributed by atoms with Crippen molar-refractivity contribution in [2.45, 2.75) is 26.2 Å². The molecule has 0 saturated heterocycles. The molecule has 0 unspecified atom stereocenters. The summed E-state index contributed by atoms with van der Waals surface area (Å²) in [5.41, 5.74) is 1.35. The summed E-state index contributed by atoms with van der Waals surface area (Å²) in [6, 6.07) is 3.31. The minimum absolute atomic E-state index is 0.000996. The Balaban J connectivity index is 2.11. The van der Waals surface area contributed by atoms with E-state index in [1.54, 1.807) is 12.0 Å². The van der Waals surface area contributed by atoms with Gasteiger partial charge in [0.25, 0.3) is 0 Å². The van der Waals surface area contributed by atoms with Crippen LogP contribution in [0.3, 0.4) is 0 Å². The third-order valence-corrected chi connectivity index (χ3v) is 4.11. The molecule has 1 amide bonds. The highest BCUT2D eigenvalue weighted by Crippen LogP contribution is 2.34. The van der Waals surface area contributed by atoms with Crippen LogP contribution in [0.25, 0.3) is 0 Å². The Hall–Kier alpha value is -0.940. The predicted molar refractivity (Wildman–Crippen MR) is 80.4 cm³/mol. The molecule has 1 heterocycles. The summed E-state index contributed by atoms with van der Waals surface area (Å²) in [5.74, 6) is -0.440. The molecule has 0 spiro atoms. The number of ether oxygens (including phenoxy) is 1. The molecule has 1 aliphatic rings. The molecule has 5 heteroatoms. The van der Waals surface area contributed by atoms with Crippen molar-refractivity contribution >= 4 is 27.5 Å². The van der Waals surface area contributed by atoms with Gasteiger partial charge < -0.3 is 9.64 Å². The first kappa shape index (κ1) is 15.4. The number of rotatable bonds is 5. The van der Waals surface area contributed by atoms with Crippen LogP contribution >= 0.6 is 15.9 Å². The molecular formula is C15H19BrFNO2. The van der Waals surface area contributed by atoms with E-state index in [0.717, 1.165) is 22.9 Å². The predicted octanol–water partition coefficient (Wildman–Crippen LogP) is 3.54. The second-order valence-corrected chi connectivity index (χ2v) is 6.09. The van der Waals surface area contributed by atoms with Gasteiger partial charge in [0.15, 0.2) is 0 Å². The fraction of sp³-hybridized carbons (Fsp3) is 0.533. The molecule has 2 rings (SSSR count). The largest absolute Gasteiger partial charge is 0.385 e. The van der Waals surface area contributed by atoms with E-state index in [9.17, 15) is 9.18 Å². The number of carbonyl (C=O) groups excluding carboxylic acids is 1. The minimum Gasteiger partial charge on any atom is -0.385 e. The van der Waals surface area contributed by atoms with Crippen LogP contribution in [0.5, 0.6) is 0 Å². The zero-order valence-electron chi connectivity index (χ0n) is 11.8. The molecule has 1 aromatic carbocycles. The molecule has 0 saturated carbocycles. The zero-order chi connectivity index (χ0) is 14.7. The van der Waals surface area contributed by atoms with Crippen molar-refractivity contribution in [3.63, 3.8) is 0 Å². The molecule has 0 N–H and O–H groups in total. The van der Waals surface area contributed by atoms with Crippen molar-refractivity contribution in [1.29, 1.82) is 0 Å². The van der Waals surface area contributed by atoms with Gasteiger partial charge in [-0.1, -0.05) is 22.9 Å². The van der Waals surface area contributed by atoms with Crippen LogP contribution in [0.2, 0.25) is 0 Å². The quantitative estimate of drug-likeness (QED) is 0.765. The van der Waals surface area contributed by atoms with Crippen molar-refractivity contribution in [1.82, 2.24) is 0 Å². The zero-order valence-corrected chi connectivity index (χ0v) is 13.4. The highest BCUT2D eigenvalue weighted by Gasteiger charge is 2.30. The van der Waals surface area contributed by atoms with E-state index in [-0.39, 0.29) is 17.6 Å². The summed E-state index contributed by atoms with van der Waals surface area (Å²) in [5, 5.41) is 0. The Bertz CT molecular complexity index is 507. The number of amides is 1. The monoisotopic (exact) mass is 343 g/mol. The number of hydrogen-bond donors (Lipinski definition) is 0. The number of methoxy groups -OCH3 is 1. The lowest BCUT2D eigenvalue weighted by molar-refractivity contribution is -0.122. The summed E-state index contributed by atoms with van der Waals surface area (Å²) in [4.78, 5) is 14.0. The van der Waals surface area contributed by atoms with Gasteiger partial charge in [-0.15, -0.1) is 0 Å². The molecule has 110 valence electrons. The van der Waals surface area contributed by atoms with Crippen LogP contribution < -0.4 is 4.90 Å². The van der Waals surface area contributed by atoms with E-state index < -0.39 is 0 Å². The summed E-state index contributed by atoms with van der Waals surface area (Å²) in [6.07, 6.45) is 2.31. The van der Waals surface area contributed by atoms with Crippen LogP contribution in [0.1, 0.15) is 25.3 Å². The molecule has 1 aromatic rings. The lowest BCUT2D eigenvalue weighted by Crippen LogP contribution is -2.34. The van der Waals surface area contributed by atoms with E-state index in [0.29, 0.717) is 25.3 Å². The molecule has 0 bridgehead atoms. The van der Waals surface area contributed by atoms with Gasteiger partial charge in [0.1, 0.15) is 5.82 Å². The van der Waals surface area contributed by atoms with Gasteiger partial charge in [0.05, 0.1) is 5.69 Å². The standard InChI is InChI=1S/C15H19BrFNO2/c1-10(4-3-7-20-2)15(19)18-6-5-11-8-12(16)9-13(17)14(11)18/h8-10H,3-7H2,1-2H3/t10-/m0/s1. The van der Waals surface area contributed by atoms with Crippen molar-refractivity contribution < 1.29 is 13.9 Å². The van der Waals surface area contributed by atoms with Gasteiger partial charge >= 0.3 is 0 Å². The minimum atomic E-state index is -0.329. The first-order chi connectivity index (χ1) is 9.54. The van der Waals surface area contributed by atoms with Gasteiger partial charge in [0.2, 0.25) is 5.91 Å². The van der Waals surface area contributed by atoms with Crippen molar-refractivity contribution in [2.75, 3.05) is 25.2 Å². The summed E-state index contributed by atoms with van der Waals surface area (Å²) in [6.45, 7) is 3.11. The van der Waals surface area contributed by atoms with Crippen LogP contribution in [0, 0.1) is 11.7 Å². The highest BCUT2D eigenvalue weighted by atomic mass is 79.9. The lowest BCUT2D eigenvalue weighted by atomic mass is 10.0. The van der Waals surface area contributed by atoms with Gasteiger partial charge in [-0.05, 0) is 37.0 Å². The van der Waals surface area contributed by atoms with Crippen molar-refractivity contribution in [2.24, 2.45) is 5.92 Å². The lowest BCUT2D eigenvalue weighted by Gasteiger charge is -2.22. The first-order valence-electron chi connectivity index (χ1n) is 6.82. The molecule has 0 radical (unpaired) electrons. The number of nitrogens with zero attached hydrogens (tertiary/aromatic N) is 1. The number of anilines is 1. The Morgan fingerprint density at radius 2 is 2.30 bits per heavy atom. The number of halogens is 2. The van der Waals surface area contributed by atoms with Gasteiger partial charge in [-0.25, -0.2) is 4.39 Å². The van der Waals surface area contributed by atoms with E-state index in [1.807, 2.05) is 13.0 Å². The van der Waals surface area contributed by atoms with Crippen LogP contribution in [-0.4, -0.2) is 26.2 Å². The van der Waals surface area contributed by atoms with E-state index in [2.05, 4.69) is 15.9 Å². The van der Waals surface area contributed by atoms with Crippen molar-refractivity contribution in [3.8, 4) is 0 Å². The average Bonchev–Trinajstić information content (AvgIpc) is 2.81. The highest BCUT2D eigenvalue weighted by molar-refractivity contribution is 9.10. The van der Waals surface area contributed by atoms with E-state index in [4.69, 9.17) is 4.74 Å². The maximum atomic E-state index is 14.1. The molecule has 20 heavy (non-hydrogen) atoms. The van der Waals surface area contributed by atoms with E-state index in [1.165, 1.54) is 6.07 Å². The van der Waals surface area contributed by atoms with Gasteiger partial charge in [-0.3, -0.25) is 4.79 Å². The van der Waals surface area contributed by atoms with Crippen LogP contribution in [0.4, 0.5) is 10.1 Å². The fourth-order valence-electron chi connectivity index (χ4n) is 2.60. The summed E-state index contributed by atoms with van der Waals surface area (Å²) >= 11 is 3.29. The molecule has 1 atom stereocenters. The number of carbonyl (C=O) groups is 1. The Labute approximate surface area is 127 Å². The topological polar surface area (TPSA) is 29.5 Å². The molecule has 3 nitrogen and oxygen atoms in total. The second-order valence-electron chi connectivity index (χ2n) is 5.17. The van der Waals surface area contributed by atoms with Gasteiger partial charge in [-0.2, -0.15) is 0 Å². The number of fused-ring (bicyclic) bond motifs is 1. The smallest absolute Gasteiger partial charge is 0.229 e. The molecular weight excluding hydrogens is 325 g/mol. The first-order valence-corrected chi connectivity index (χ1v) is 7.62. The van der Waals surface area contributed by atoms with E-state index >= 15 is 0 Å². The van der Waals surface area contributed by atoms with Crippen molar-refractivity contribution in [3.05, 3.63) is 28.0 Å². The molecule has 0 aliphatic carbocycles. The molecule has 0 aromatic heterocycles. The second kappa shape index (κ2) is 6.68. The third-order valence-electron chi connectivity index (χ3n) is 3.65. The molecule has 1 aliphatic heterocycles. The summed E-state index contributed by atoms with van der Waals surface area (Å²) < 4.78 is 19.8. The van der Waals surface area contributed by atoms with Crippen LogP contribution in [0.15, 0.2) is 16.6 Å². The maximum Gasteiger partial charge on any atom is 0.229 e. The Kier molecular flexibility index (Phi) is 5.16. The number of benzene rings is 1. The Morgan fingerprint density at radius 3 is 3.00 bits per heavy atom.